The number of carbonyl (C=O) groups excluding carboxylic acids is 1. The standard InChI is InChI=1S/C15H18BrN3O2/c16-12(9-20)11-5-7-18-14(8-11)15(21)19-13(4-6-17)10-2-1-3-10/h5-10,13,17,20H,1-4H2,(H,19,21)/b12-9+,17-6?. The number of aromatic nitrogens is 1. The van der Waals surface area contributed by atoms with Gasteiger partial charge in [0.25, 0.3) is 5.91 Å². The van der Waals surface area contributed by atoms with Crippen molar-refractivity contribution in [2.75, 3.05) is 0 Å². The minimum atomic E-state index is -0.242. The second kappa shape index (κ2) is 7.36. The van der Waals surface area contributed by atoms with Crippen molar-refractivity contribution >= 4 is 32.5 Å². The highest BCUT2D eigenvalue weighted by Crippen LogP contribution is 2.30. The molecule has 21 heavy (non-hydrogen) atoms. The van der Waals surface area contributed by atoms with Gasteiger partial charge in [-0.05, 0) is 58.6 Å². The Bertz CT molecular complexity index is 556. The van der Waals surface area contributed by atoms with E-state index < -0.39 is 0 Å². The predicted octanol–water partition coefficient (Wildman–Crippen LogP) is 3.27. The van der Waals surface area contributed by atoms with E-state index in [1.54, 1.807) is 12.1 Å². The summed E-state index contributed by atoms with van der Waals surface area (Å²) >= 11 is 3.21. The van der Waals surface area contributed by atoms with E-state index in [4.69, 9.17) is 10.5 Å². The minimum Gasteiger partial charge on any atom is -0.514 e. The number of rotatable bonds is 6. The van der Waals surface area contributed by atoms with Crippen molar-refractivity contribution in [1.29, 1.82) is 5.41 Å². The molecule has 3 N–H and O–H groups in total. The molecule has 0 aliphatic heterocycles. The third-order valence-corrected chi connectivity index (χ3v) is 4.45. The number of amides is 1. The van der Waals surface area contributed by atoms with Gasteiger partial charge < -0.3 is 15.8 Å². The third kappa shape index (κ3) is 3.91. The predicted molar refractivity (Wildman–Crippen MR) is 85.8 cm³/mol. The van der Waals surface area contributed by atoms with Crippen LogP contribution in [0.2, 0.25) is 0 Å². The van der Waals surface area contributed by atoms with Crippen molar-refractivity contribution in [3.63, 3.8) is 0 Å². The fourth-order valence-corrected chi connectivity index (χ4v) is 2.61. The molecule has 1 aromatic rings. The molecule has 1 fully saturated rings. The van der Waals surface area contributed by atoms with Gasteiger partial charge in [0.2, 0.25) is 0 Å². The molecular formula is C15H18BrN3O2. The summed E-state index contributed by atoms with van der Waals surface area (Å²) in [5.74, 6) is 0.219. The van der Waals surface area contributed by atoms with Gasteiger partial charge in [0, 0.05) is 18.7 Å². The maximum absolute atomic E-state index is 12.3. The Morgan fingerprint density at radius 3 is 2.95 bits per heavy atom. The van der Waals surface area contributed by atoms with Crippen LogP contribution in [0.3, 0.4) is 0 Å². The Morgan fingerprint density at radius 2 is 2.38 bits per heavy atom. The second-order valence-corrected chi connectivity index (χ2v) is 5.97. The highest BCUT2D eigenvalue weighted by Gasteiger charge is 2.28. The zero-order valence-corrected chi connectivity index (χ0v) is 13.1. The van der Waals surface area contributed by atoms with E-state index in [9.17, 15) is 4.79 Å². The van der Waals surface area contributed by atoms with Gasteiger partial charge in [-0.15, -0.1) is 0 Å². The number of halogens is 1. The van der Waals surface area contributed by atoms with Crippen LogP contribution in [0.25, 0.3) is 4.48 Å². The first-order valence-corrected chi connectivity index (χ1v) is 7.71. The first-order valence-electron chi connectivity index (χ1n) is 6.91. The average molecular weight is 352 g/mol. The van der Waals surface area contributed by atoms with E-state index in [1.807, 2.05) is 0 Å². The number of carbonyl (C=O) groups is 1. The van der Waals surface area contributed by atoms with Crippen LogP contribution in [0.1, 0.15) is 41.7 Å². The zero-order valence-electron chi connectivity index (χ0n) is 11.6. The van der Waals surface area contributed by atoms with Crippen LogP contribution in [-0.4, -0.2) is 28.3 Å². The number of aliphatic hydroxyl groups is 1. The van der Waals surface area contributed by atoms with Crippen LogP contribution < -0.4 is 5.32 Å². The summed E-state index contributed by atoms with van der Waals surface area (Å²) < 4.78 is 0.494. The normalized spacial score (nSPS) is 16.9. The summed E-state index contributed by atoms with van der Waals surface area (Å²) in [7, 11) is 0. The van der Waals surface area contributed by atoms with Gasteiger partial charge in [0.05, 0.1) is 10.7 Å². The van der Waals surface area contributed by atoms with Crippen LogP contribution in [0.15, 0.2) is 24.6 Å². The van der Waals surface area contributed by atoms with Crippen LogP contribution in [-0.2, 0) is 0 Å². The van der Waals surface area contributed by atoms with E-state index in [1.165, 1.54) is 18.8 Å². The van der Waals surface area contributed by atoms with Gasteiger partial charge in [0.15, 0.2) is 0 Å². The lowest BCUT2D eigenvalue weighted by Crippen LogP contribution is -2.43. The topological polar surface area (TPSA) is 86.1 Å². The molecule has 2 rings (SSSR count). The van der Waals surface area contributed by atoms with Gasteiger partial charge >= 0.3 is 0 Å². The highest BCUT2D eigenvalue weighted by molar-refractivity contribution is 9.15. The molecule has 1 atom stereocenters. The Morgan fingerprint density at radius 1 is 1.62 bits per heavy atom. The number of pyridine rings is 1. The van der Waals surface area contributed by atoms with Crippen molar-refractivity contribution < 1.29 is 9.90 Å². The van der Waals surface area contributed by atoms with Crippen molar-refractivity contribution in [2.24, 2.45) is 5.92 Å². The SMILES string of the molecule is N=CCC(NC(=O)c1cc(/C(Br)=C\O)ccn1)C1CCC1. The van der Waals surface area contributed by atoms with E-state index in [0.29, 0.717) is 28.1 Å². The summed E-state index contributed by atoms with van der Waals surface area (Å²) in [4.78, 5) is 16.4. The lowest BCUT2D eigenvalue weighted by molar-refractivity contribution is 0.0899. The summed E-state index contributed by atoms with van der Waals surface area (Å²) in [5, 5.41) is 19.2. The molecule has 1 heterocycles. The third-order valence-electron chi connectivity index (χ3n) is 3.79. The molecule has 1 aliphatic carbocycles. The fraction of sp³-hybridized carbons (Fsp3) is 0.400. The molecule has 6 heteroatoms. The molecule has 0 saturated heterocycles. The quantitative estimate of drug-likeness (QED) is 0.543. The molecular weight excluding hydrogens is 334 g/mol. The molecule has 0 spiro atoms. The van der Waals surface area contributed by atoms with Crippen molar-refractivity contribution in [3.8, 4) is 0 Å². The first-order chi connectivity index (χ1) is 10.2. The summed E-state index contributed by atoms with van der Waals surface area (Å²) in [6.45, 7) is 0. The maximum Gasteiger partial charge on any atom is 0.270 e. The van der Waals surface area contributed by atoms with Crippen molar-refractivity contribution in [3.05, 3.63) is 35.8 Å². The van der Waals surface area contributed by atoms with Crippen molar-refractivity contribution in [1.82, 2.24) is 10.3 Å². The monoisotopic (exact) mass is 351 g/mol. The Balaban J connectivity index is 2.09. The fourth-order valence-electron chi connectivity index (χ4n) is 2.36. The van der Waals surface area contributed by atoms with Gasteiger partial charge in [-0.1, -0.05) is 6.42 Å². The van der Waals surface area contributed by atoms with Gasteiger partial charge in [-0.2, -0.15) is 0 Å². The molecule has 1 aromatic heterocycles. The first kappa shape index (κ1) is 15.7. The highest BCUT2D eigenvalue weighted by atomic mass is 79.9. The lowest BCUT2D eigenvalue weighted by atomic mass is 9.78. The molecule has 1 amide bonds. The van der Waals surface area contributed by atoms with Crippen LogP contribution in [0.4, 0.5) is 0 Å². The average Bonchev–Trinajstić information content (AvgIpc) is 2.45. The van der Waals surface area contributed by atoms with Crippen molar-refractivity contribution in [2.45, 2.75) is 31.7 Å². The maximum atomic E-state index is 12.3. The summed E-state index contributed by atoms with van der Waals surface area (Å²) in [5.41, 5.74) is 0.991. The molecule has 1 saturated carbocycles. The Hall–Kier alpha value is -1.69. The number of nitrogens with one attached hydrogen (secondary N) is 2. The Kier molecular flexibility index (Phi) is 5.50. The van der Waals surface area contributed by atoms with E-state index in [0.717, 1.165) is 19.1 Å². The van der Waals surface area contributed by atoms with Gasteiger partial charge in [-0.25, -0.2) is 0 Å². The zero-order chi connectivity index (χ0) is 15.2. The number of nitrogens with zero attached hydrogens (tertiary/aromatic N) is 1. The number of hydrogen-bond acceptors (Lipinski definition) is 4. The lowest BCUT2D eigenvalue weighted by Gasteiger charge is -2.33. The van der Waals surface area contributed by atoms with Crippen LogP contribution >= 0.6 is 15.9 Å². The van der Waals surface area contributed by atoms with E-state index in [-0.39, 0.29) is 11.9 Å². The van der Waals surface area contributed by atoms with E-state index in [2.05, 4.69) is 26.2 Å². The largest absolute Gasteiger partial charge is 0.514 e. The van der Waals surface area contributed by atoms with E-state index >= 15 is 0 Å². The second-order valence-electron chi connectivity index (χ2n) is 5.12. The minimum absolute atomic E-state index is 0.00558. The number of hydrogen-bond donors (Lipinski definition) is 3. The Labute approximate surface area is 132 Å². The molecule has 112 valence electrons. The summed E-state index contributed by atoms with van der Waals surface area (Å²) in [6.07, 6.45) is 7.76. The molecule has 5 nitrogen and oxygen atoms in total. The van der Waals surface area contributed by atoms with Crippen LogP contribution in [0, 0.1) is 11.3 Å². The summed E-state index contributed by atoms with van der Waals surface area (Å²) in [6, 6.07) is 3.33. The smallest absolute Gasteiger partial charge is 0.270 e. The molecule has 0 bridgehead atoms. The van der Waals surface area contributed by atoms with Gasteiger partial charge in [-0.3, -0.25) is 9.78 Å². The molecule has 0 radical (unpaired) electrons. The molecule has 0 aromatic carbocycles. The molecule has 1 unspecified atom stereocenters. The van der Waals surface area contributed by atoms with Gasteiger partial charge in [0.1, 0.15) is 5.69 Å². The number of aliphatic hydroxyl groups excluding tert-OH is 1. The molecule has 1 aliphatic rings. The van der Waals surface area contributed by atoms with Crippen LogP contribution in [0.5, 0.6) is 0 Å².